The number of hydrogen-bond donors (Lipinski definition) is 2. The van der Waals surface area contributed by atoms with Crippen LogP contribution in [0.5, 0.6) is 17.2 Å². The largest absolute Gasteiger partial charge is 0.493 e. The Hall–Kier alpha value is -1.72. The van der Waals surface area contributed by atoms with Crippen molar-refractivity contribution in [1.29, 1.82) is 0 Å². The summed E-state index contributed by atoms with van der Waals surface area (Å²) in [5.74, 6) is 1.12. The molecule has 29 heavy (non-hydrogen) atoms. The van der Waals surface area contributed by atoms with E-state index in [2.05, 4.69) is 15.0 Å². The molecule has 11 heteroatoms. The summed E-state index contributed by atoms with van der Waals surface area (Å²) in [5.41, 5.74) is 7.02. The van der Waals surface area contributed by atoms with E-state index in [4.69, 9.17) is 38.4 Å². The first-order chi connectivity index (χ1) is 13.3. The molecule has 0 amide bonds. The highest BCUT2D eigenvalue weighted by Crippen LogP contribution is 2.33. The van der Waals surface area contributed by atoms with Gasteiger partial charge in [0.2, 0.25) is 0 Å². The van der Waals surface area contributed by atoms with Crippen molar-refractivity contribution in [3.05, 3.63) is 51.5 Å². The van der Waals surface area contributed by atoms with E-state index in [1.54, 1.807) is 19.2 Å². The van der Waals surface area contributed by atoms with Gasteiger partial charge < -0.3 is 25.3 Å². The fourth-order valence-corrected chi connectivity index (χ4v) is 2.94. The monoisotopic (exact) mass is 561 g/mol. The Morgan fingerprint density at radius 2 is 1.83 bits per heavy atom. The van der Waals surface area contributed by atoms with E-state index in [1.807, 2.05) is 6.07 Å². The molecule has 2 aromatic carbocycles. The van der Waals surface area contributed by atoms with Crippen molar-refractivity contribution >= 4 is 53.1 Å². The molecule has 0 aliphatic heterocycles. The highest BCUT2D eigenvalue weighted by molar-refractivity contribution is 14.0. The summed E-state index contributed by atoms with van der Waals surface area (Å²) in [7, 11) is 3.09. The maximum atomic E-state index is 12.6. The average Bonchev–Trinajstić information content (AvgIpc) is 2.66. The first kappa shape index (κ1) is 25.3. The summed E-state index contributed by atoms with van der Waals surface area (Å²) in [6.07, 6.45) is 0. The Morgan fingerprint density at radius 1 is 1.14 bits per heavy atom. The number of ether oxygens (including phenoxy) is 3. The standard InChI is InChI=1S/C18H19Cl2F2N3O3.HI/c1-26-14-4-3-10(5-15(14)27-2)8-24-18(23)25-9-11-6-12(19)7-13(20)16(11)28-17(21)22;/h3-7,17H,8-9H2,1-2H3,(H3,23,24,25);1H. The van der Waals surface area contributed by atoms with E-state index < -0.39 is 6.61 Å². The van der Waals surface area contributed by atoms with Crippen LogP contribution in [-0.4, -0.2) is 26.8 Å². The number of aliphatic imine (C=N–C) groups is 1. The molecule has 2 aromatic rings. The molecule has 0 aliphatic rings. The van der Waals surface area contributed by atoms with E-state index >= 15 is 0 Å². The lowest BCUT2D eigenvalue weighted by Gasteiger charge is -2.14. The first-order valence-corrected chi connectivity index (χ1v) is 8.77. The number of hydrogen-bond acceptors (Lipinski definition) is 4. The number of halogens is 5. The van der Waals surface area contributed by atoms with Crippen molar-refractivity contribution in [3.8, 4) is 17.2 Å². The first-order valence-electron chi connectivity index (χ1n) is 8.01. The Morgan fingerprint density at radius 3 is 2.45 bits per heavy atom. The van der Waals surface area contributed by atoms with Gasteiger partial charge in [-0.25, -0.2) is 4.99 Å². The lowest BCUT2D eigenvalue weighted by molar-refractivity contribution is -0.0504. The molecule has 0 aliphatic carbocycles. The van der Waals surface area contributed by atoms with Gasteiger partial charge in [0.1, 0.15) is 5.75 Å². The fraction of sp³-hybridized carbons (Fsp3) is 0.278. The molecule has 0 spiro atoms. The normalized spacial score (nSPS) is 11.1. The van der Waals surface area contributed by atoms with Crippen LogP contribution in [0.3, 0.4) is 0 Å². The van der Waals surface area contributed by atoms with E-state index in [-0.39, 0.29) is 58.8 Å². The molecule has 0 saturated heterocycles. The van der Waals surface area contributed by atoms with Crippen LogP contribution < -0.4 is 25.3 Å². The smallest absolute Gasteiger partial charge is 0.387 e. The maximum Gasteiger partial charge on any atom is 0.387 e. The molecule has 0 fully saturated rings. The third-order valence-electron chi connectivity index (χ3n) is 3.63. The number of nitrogens with two attached hydrogens (primary N) is 1. The van der Waals surface area contributed by atoms with Gasteiger partial charge in [0.25, 0.3) is 0 Å². The topological polar surface area (TPSA) is 78.1 Å². The predicted octanol–water partition coefficient (Wildman–Crippen LogP) is 4.83. The van der Waals surface area contributed by atoms with Crippen molar-refractivity contribution in [2.75, 3.05) is 14.2 Å². The Bertz CT molecular complexity index is 857. The quantitative estimate of drug-likeness (QED) is 0.274. The summed E-state index contributed by atoms with van der Waals surface area (Å²) in [5, 5.41) is 3.08. The van der Waals surface area contributed by atoms with Crippen LogP contribution in [0, 0.1) is 0 Å². The van der Waals surface area contributed by atoms with E-state index in [9.17, 15) is 8.78 Å². The van der Waals surface area contributed by atoms with Gasteiger partial charge in [-0.05, 0) is 29.8 Å². The Kier molecular flexibility index (Phi) is 10.5. The van der Waals surface area contributed by atoms with E-state index in [0.717, 1.165) is 5.56 Å². The van der Waals surface area contributed by atoms with Gasteiger partial charge >= 0.3 is 6.61 Å². The number of rotatable bonds is 8. The SMILES string of the molecule is COc1ccc(CN=C(N)NCc2cc(Cl)cc(Cl)c2OC(F)F)cc1OC.I. The van der Waals surface area contributed by atoms with Crippen molar-refractivity contribution < 1.29 is 23.0 Å². The van der Waals surface area contributed by atoms with E-state index in [1.165, 1.54) is 19.2 Å². The van der Waals surface area contributed by atoms with Gasteiger partial charge in [-0.15, -0.1) is 24.0 Å². The third-order valence-corrected chi connectivity index (χ3v) is 4.13. The molecule has 0 bridgehead atoms. The zero-order chi connectivity index (χ0) is 20.7. The highest BCUT2D eigenvalue weighted by Gasteiger charge is 2.15. The summed E-state index contributed by atoms with van der Waals surface area (Å²) in [4.78, 5) is 4.21. The summed E-state index contributed by atoms with van der Waals surface area (Å²) in [6.45, 7) is -2.70. The Labute approximate surface area is 194 Å². The minimum Gasteiger partial charge on any atom is -0.493 e. The van der Waals surface area contributed by atoms with Crippen molar-refractivity contribution in [2.45, 2.75) is 19.7 Å². The highest BCUT2D eigenvalue weighted by atomic mass is 127. The minimum atomic E-state index is -3.02. The molecule has 0 saturated carbocycles. The molecular formula is C18H20Cl2F2IN3O3. The summed E-state index contributed by atoms with van der Waals surface area (Å²) >= 11 is 11.9. The molecule has 160 valence electrons. The lowest BCUT2D eigenvalue weighted by atomic mass is 10.2. The molecule has 3 N–H and O–H groups in total. The molecular weight excluding hydrogens is 542 g/mol. The molecule has 0 atom stereocenters. The second-order valence-corrected chi connectivity index (χ2v) is 6.34. The number of nitrogens with zero attached hydrogens (tertiary/aromatic N) is 1. The molecule has 0 heterocycles. The van der Waals surface area contributed by atoms with Crippen LogP contribution in [-0.2, 0) is 13.1 Å². The van der Waals surface area contributed by atoms with Gasteiger partial charge in [-0.3, -0.25) is 0 Å². The van der Waals surface area contributed by atoms with Gasteiger partial charge in [-0.1, -0.05) is 29.3 Å². The molecule has 2 rings (SSSR count). The van der Waals surface area contributed by atoms with Gasteiger partial charge in [-0.2, -0.15) is 8.78 Å². The zero-order valence-electron chi connectivity index (χ0n) is 15.5. The zero-order valence-corrected chi connectivity index (χ0v) is 19.4. The molecule has 0 radical (unpaired) electrons. The number of guanidine groups is 1. The fourth-order valence-electron chi connectivity index (χ4n) is 2.36. The maximum absolute atomic E-state index is 12.6. The van der Waals surface area contributed by atoms with Crippen LogP contribution >= 0.6 is 47.2 Å². The molecule has 0 aromatic heterocycles. The van der Waals surface area contributed by atoms with Gasteiger partial charge in [0, 0.05) is 17.1 Å². The number of benzene rings is 2. The minimum absolute atomic E-state index is 0. The van der Waals surface area contributed by atoms with Crippen molar-refractivity contribution in [2.24, 2.45) is 10.7 Å². The van der Waals surface area contributed by atoms with Crippen LogP contribution in [0.15, 0.2) is 35.3 Å². The summed E-state index contributed by atoms with van der Waals surface area (Å²) < 4.78 is 40.1. The van der Waals surface area contributed by atoms with Crippen molar-refractivity contribution in [1.82, 2.24) is 5.32 Å². The van der Waals surface area contributed by atoms with Gasteiger partial charge in [0.15, 0.2) is 17.5 Å². The average molecular weight is 562 g/mol. The van der Waals surface area contributed by atoms with Crippen molar-refractivity contribution in [3.63, 3.8) is 0 Å². The van der Waals surface area contributed by atoms with Crippen LogP contribution in [0.1, 0.15) is 11.1 Å². The third kappa shape index (κ3) is 7.56. The van der Waals surface area contributed by atoms with Gasteiger partial charge in [0.05, 0.1) is 25.8 Å². The van der Waals surface area contributed by atoms with Crippen LogP contribution in [0.25, 0.3) is 0 Å². The second kappa shape index (κ2) is 12.1. The predicted molar refractivity (Wildman–Crippen MR) is 120 cm³/mol. The number of methoxy groups -OCH3 is 2. The molecule has 0 unspecified atom stereocenters. The number of alkyl halides is 2. The molecule has 6 nitrogen and oxygen atoms in total. The second-order valence-electron chi connectivity index (χ2n) is 5.50. The number of nitrogens with one attached hydrogen (secondary N) is 1. The Balaban J connectivity index is 0.00000420. The summed E-state index contributed by atoms with van der Waals surface area (Å²) in [6, 6.07) is 8.14. The lowest BCUT2D eigenvalue weighted by Crippen LogP contribution is -2.31. The van der Waals surface area contributed by atoms with Crippen LogP contribution in [0.2, 0.25) is 10.0 Å². The van der Waals surface area contributed by atoms with E-state index in [0.29, 0.717) is 17.1 Å². The van der Waals surface area contributed by atoms with Crippen LogP contribution in [0.4, 0.5) is 8.78 Å².